The molecule has 0 bridgehead atoms. The molecule has 3 N–H and O–H groups in total. The van der Waals surface area contributed by atoms with Crippen LogP contribution in [0.15, 0.2) is 30.3 Å². The second-order valence-electron chi connectivity index (χ2n) is 4.41. The number of carbonyl (C=O) groups is 2. The minimum atomic E-state index is -0.989. The van der Waals surface area contributed by atoms with Crippen LogP contribution in [0.1, 0.15) is 32.3 Å². The number of rotatable bonds is 6. The van der Waals surface area contributed by atoms with Crippen LogP contribution in [-0.2, 0) is 4.79 Å². The first-order chi connectivity index (χ1) is 9.55. The molecule has 0 spiro atoms. The lowest BCUT2D eigenvalue weighted by atomic mass is 10.2. The van der Waals surface area contributed by atoms with E-state index in [0.29, 0.717) is 5.69 Å². The lowest BCUT2D eigenvalue weighted by Gasteiger charge is -2.15. The Morgan fingerprint density at radius 3 is 2.30 bits per heavy atom. The molecule has 108 valence electrons. The normalized spacial score (nSPS) is 10.8. The molecule has 5 heteroatoms. The molecule has 0 aromatic heterocycles. The number of nitrogens with one attached hydrogen (secondary N) is 2. The van der Waals surface area contributed by atoms with E-state index in [9.17, 15) is 9.59 Å². The summed E-state index contributed by atoms with van der Waals surface area (Å²) in [5, 5.41) is 14.1. The van der Waals surface area contributed by atoms with Crippen LogP contribution in [0.5, 0.6) is 0 Å². The first-order valence-electron chi connectivity index (χ1n) is 6.63. The van der Waals surface area contributed by atoms with E-state index >= 15 is 0 Å². The molecular weight excluding hydrogens is 256 g/mol. The van der Waals surface area contributed by atoms with Crippen molar-refractivity contribution in [3.05, 3.63) is 35.9 Å². The third-order valence-corrected chi connectivity index (χ3v) is 2.91. The van der Waals surface area contributed by atoms with Crippen molar-refractivity contribution in [1.29, 1.82) is 0 Å². The number of carboxylic acid groups (broad SMARTS) is 1. The van der Waals surface area contributed by atoms with Crippen molar-refractivity contribution in [2.45, 2.75) is 32.7 Å². The van der Waals surface area contributed by atoms with Gasteiger partial charge in [0.05, 0.1) is 0 Å². The van der Waals surface area contributed by atoms with E-state index in [4.69, 9.17) is 5.11 Å². The Morgan fingerprint density at radius 1 is 1.20 bits per heavy atom. The average molecular weight is 276 g/mol. The average Bonchev–Trinajstić information content (AvgIpc) is 2.44. The molecule has 5 nitrogen and oxygen atoms in total. The number of hydrogen-bond acceptors (Lipinski definition) is 2. The van der Waals surface area contributed by atoms with Gasteiger partial charge in [-0.3, -0.25) is 0 Å². The van der Waals surface area contributed by atoms with Crippen LogP contribution >= 0.6 is 0 Å². The van der Waals surface area contributed by atoms with Gasteiger partial charge < -0.3 is 15.7 Å². The Morgan fingerprint density at radius 2 is 1.80 bits per heavy atom. The molecule has 20 heavy (non-hydrogen) atoms. The van der Waals surface area contributed by atoms with E-state index in [1.54, 1.807) is 24.3 Å². The quantitative estimate of drug-likeness (QED) is 0.699. The zero-order valence-electron chi connectivity index (χ0n) is 11.7. The molecule has 0 unspecified atom stereocenters. The molecule has 0 saturated heterocycles. The number of aliphatic carboxylic acids is 1. The molecule has 1 aromatic rings. The number of carbonyl (C=O) groups excluding carboxylic acids is 1. The third kappa shape index (κ3) is 5.56. The predicted molar refractivity (Wildman–Crippen MR) is 79.6 cm³/mol. The molecule has 0 aliphatic heterocycles. The monoisotopic (exact) mass is 276 g/mol. The first kappa shape index (κ1) is 15.8. The Labute approximate surface area is 118 Å². The van der Waals surface area contributed by atoms with Crippen LogP contribution in [0, 0.1) is 0 Å². The van der Waals surface area contributed by atoms with Gasteiger partial charge >= 0.3 is 12.0 Å². The van der Waals surface area contributed by atoms with Crippen LogP contribution < -0.4 is 10.6 Å². The van der Waals surface area contributed by atoms with Crippen molar-refractivity contribution in [1.82, 2.24) is 5.32 Å². The van der Waals surface area contributed by atoms with Gasteiger partial charge in [0.1, 0.15) is 0 Å². The summed E-state index contributed by atoms with van der Waals surface area (Å²) in [5.74, 6) is -0.989. The molecule has 0 aliphatic rings. The van der Waals surface area contributed by atoms with Crippen molar-refractivity contribution in [3.8, 4) is 0 Å². The number of amides is 2. The summed E-state index contributed by atoms with van der Waals surface area (Å²) in [7, 11) is 0. The van der Waals surface area contributed by atoms with Crippen molar-refractivity contribution in [2.75, 3.05) is 5.32 Å². The zero-order valence-corrected chi connectivity index (χ0v) is 11.7. The zero-order chi connectivity index (χ0) is 15.0. The second kappa shape index (κ2) is 7.99. The maximum absolute atomic E-state index is 11.7. The minimum absolute atomic E-state index is 0.174. The summed E-state index contributed by atoms with van der Waals surface area (Å²) in [6.45, 7) is 4.05. The van der Waals surface area contributed by atoms with Gasteiger partial charge in [0.15, 0.2) is 0 Å². The summed E-state index contributed by atoms with van der Waals surface area (Å²) in [5.41, 5.74) is 1.43. The van der Waals surface area contributed by atoms with Gasteiger partial charge in [-0.2, -0.15) is 0 Å². The molecule has 0 heterocycles. The largest absolute Gasteiger partial charge is 0.478 e. The smallest absolute Gasteiger partial charge is 0.328 e. The number of hydrogen-bond donors (Lipinski definition) is 3. The molecule has 0 aliphatic carbocycles. The van der Waals surface area contributed by atoms with Crippen LogP contribution in [0.4, 0.5) is 10.5 Å². The van der Waals surface area contributed by atoms with Crippen molar-refractivity contribution < 1.29 is 14.7 Å². The van der Waals surface area contributed by atoms with Crippen LogP contribution in [-0.4, -0.2) is 23.1 Å². The first-order valence-corrected chi connectivity index (χ1v) is 6.63. The topological polar surface area (TPSA) is 78.4 Å². The summed E-state index contributed by atoms with van der Waals surface area (Å²) in [6, 6.07) is 6.89. The Hall–Kier alpha value is -2.30. The molecule has 1 rings (SSSR count). The van der Waals surface area contributed by atoms with Gasteiger partial charge in [-0.15, -0.1) is 0 Å². The summed E-state index contributed by atoms with van der Waals surface area (Å²) >= 11 is 0. The summed E-state index contributed by atoms with van der Waals surface area (Å²) in [6.07, 6.45) is 4.35. The van der Waals surface area contributed by atoms with Crippen LogP contribution in [0.3, 0.4) is 0 Å². The van der Waals surface area contributed by atoms with Gasteiger partial charge in [-0.1, -0.05) is 26.0 Å². The van der Waals surface area contributed by atoms with E-state index in [1.165, 1.54) is 6.08 Å². The number of benzene rings is 1. The van der Waals surface area contributed by atoms with Gasteiger partial charge in [0.25, 0.3) is 0 Å². The number of urea groups is 1. The fourth-order valence-corrected chi connectivity index (χ4v) is 1.69. The molecule has 0 radical (unpaired) electrons. The highest BCUT2D eigenvalue weighted by atomic mass is 16.4. The highest BCUT2D eigenvalue weighted by Gasteiger charge is 2.07. The van der Waals surface area contributed by atoms with E-state index in [2.05, 4.69) is 10.6 Å². The highest BCUT2D eigenvalue weighted by Crippen LogP contribution is 2.11. The lowest BCUT2D eigenvalue weighted by molar-refractivity contribution is -0.131. The standard InChI is InChI=1S/C15H20N2O3/c1-3-12(4-2)16-15(20)17-13-8-5-11(6-9-13)7-10-14(18)19/h5-10,12H,3-4H2,1-2H3,(H,18,19)(H2,16,17,20)/b10-7+. The second-order valence-corrected chi connectivity index (χ2v) is 4.41. The highest BCUT2D eigenvalue weighted by molar-refractivity contribution is 5.89. The van der Waals surface area contributed by atoms with E-state index in [0.717, 1.165) is 24.5 Å². The van der Waals surface area contributed by atoms with Gasteiger partial charge in [-0.25, -0.2) is 9.59 Å². The summed E-state index contributed by atoms with van der Waals surface area (Å²) in [4.78, 5) is 22.1. The molecule has 1 aromatic carbocycles. The van der Waals surface area contributed by atoms with Crippen molar-refractivity contribution in [3.63, 3.8) is 0 Å². The van der Waals surface area contributed by atoms with E-state index in [1.807, 2.05) is 13.8 Å². The Kier molecular flexibility index (Phi) is 6.29. The fraction of sp³-hybridized carbons (Fsp3) is 0.333. The summed E-state index contributed by atoms with van der Waals surface area (Å²) < 4.78 is 0. The van der Waals surface area contributed by atoms with Gasteiger partial charge in [0.2, 0.25) is 0 Å². The van der Waals surface area contributed by atoms with Crippen LogP contribution in [0.25, 0.3) is 6.08 Å². The Bertz CT molecular complexity index is 476. The van der Waals surface area contributed by atoms with Crippen LogP contribution in [0.2, 0.25) is 0 Å². The molecule has 2 amide bonds. The lowest BCUT2D eigenvalue weighted by Crippen LogP contribution is -2.37. The third-order valence-electron chi connectivity index (χ3n) is 2.91. The molecular formula is C15H20N2O3. The molecule has 0 fully saturated rings. The molecule has 0 atom stereocenters. The van der Waals surface area contributed by atoms with Crippen molar-refractivity contribution in [2.24, 2.45) is 0 Å². The fourth-order valence-electron chi connectivity index (χ4n) is 1.69. The van der Waals surface area contributed by atoms with E-state index in [-0.39, 0.29) is 12.1 Å². The predicted octanol–water partition coefficient (Wildman–Crippen LogP) is 3.09. The van der Waals surface area contributed by atoms with E-state index < -0.39 is 5.97 Å². The van der Waals surface area contributed by atoms with Crippen molar-refractivity contribution >= 4 is 23.8 Å². The maximum Gasteiger partial charge on any atom is 0.328 e. The Balaban J connectivity index is 2.57. The number of anilines is 1. The van der Waals surface area contributed by atoms with Gasteiger partial charge in [0, 0.05) is 17.8 Å². The van der Waals surface area contributed by atoms with Gasteiger partial charge in [-0.05, 0) is 36.6 Å². The number of carboxylic acids is 1. The minimum Gasteiger partial charge on any atom is -0.478 e. The SMILES string of the molecule is CCC(CC)NC(=O)Nc1ccc(/C=C/C(=O)O)cc1. The molecule has 0 saturated carbocycles. The maximum atomic E-state index is 11.7.